The zero-order chi connectivity index (χ0) is 32.6. The smallest absolute Gasteiger partial charge is 0.255 e. The first-order chi connectivity index (χ1) is 22.9. The molecule has 2 amide bonds. The number of ketones is 2. The maximum absolute atomic E-state index is 12.8. The Bertz CT molecular complexity index is 1870. The third-order valence-corrected chi connectivity index (χ3v) is 7.72. The Labute approximate surface area is 272 Å². The maximum atomic E-state index is 12.8. The van der Waals surface area contributed by atoms with Crippen LogP contribution in [0.2, 0.25) is 0 Å². The summed E-state index contributed by atoms with van der Waals surface area (Å²) in [5.74, 6) is -0.697. The number of amides is 2. The second-order valence-corrected chi connectivity index (χ2v) is 11.0. The van der Waals surface area contributed by atoms with Gasteiger partial charge >= 0.3 is 0 Å². The average Bonchev–Trinajstić information content (AvgIpc) is 3.13. The molecule has 0 fully saturated rings. The molecule has 6 nitrogen and oxygen atoms in total. The molecule has 6 aromatic carbocycles. The lowest BCUT2D eigenvalue weighted by molar-refractivity contribution is 0.101. The summed E-state index contributed by atoms with van der Waals surface area (Å²) in [6.07, 6.45) is 0.677. The summed E-state index contributed by atoms with van der Waals surface area (Å²) in [5, 5.41) is 5.81. The summed E-state index contributed by atoms with van der Waals surface area (Å²) in [6, 6.07) is 46.6. The van der Waals surface area contributed by atoms with E-state index in [2.05, 4.69) is 10.6 Å². The molecule has 2 N–H and O–H groups in total. The van der Waals surface area contributed by atoms with E-state index in [0.29, 0.717) is 51.2 Å². The van der Waals surface area contributed by atoms with Crippen molar-refractivity contribution in [2.24, 2.45) is 0 Å². The van der Waals surface area contributed by atoms with Gasteiger partial charge in [-0.25, -0.2) is 0 Å². The van der Waals surface area contributed by atoms with Crippen LogP contribution in [0.1, 0.15) is 63.7 Å². The van der Waals surface area contributed by atoms with Gasteiger partial charge in [0.05, 0.1) is 0 Å². The SMILES string of the molecule is O=C(Nc1ccc(Cc2ccc(NC(=O)c3ccc(C(=O)c4ccccc4)cc3)cc2)cc1)c1ccc(C(=O)c2ccccc2)cc1. The van der Waals surface area contributed by atoms with Gasteiger partial charge in [0.2, 0.25) is 0 Å². The third-order valence-electron chi connectivity index (χ3n) is 7.72. The molecule has 0 aliphatic carbocycles. The van der Waals surface area contributed by atoms with Crippen LogP contribution < -0.4 is 10.6 Å². The molecule has 47 heavy (non-hydrogen) atoms. The predicted molar refractivity (Wildman–Crippen MR) is 184 cm³/mol. The minimum Gasteiger partial charge on any atom is -0.322 e. The van der Waals surface area contributed by atoms with Gasteiger partial charge in [-0.05, 0) is 66.1 Å². The van der Waals surface area contributed by atoms with Crippen molar-refractivity contribution < 1.29 is 19.2 Å². The van der Waals surface area contributed by atoms with E-state index >= 15 is 0 Å². The van der Waals surface area contributed by atoms with Gasteiger partial charge in [0.1, 0.15) is 0 Å². The monoisotopic (exact) mass is 614 g/mol. The van der Waals surface area contributed by atoms with Crippen molar-refractivity contribution in [3.05, 3.63) is 202 Å². The molecule has 0 unspecified atom stereocenters. The Morgan fingerprint density at radius 2 is 0.638 bits per heavy atom. The maximum Gasteiger partial charge on any atom is 0.255 e. The zero-order valence-electron chi connectivity index (χ0n) is 25.4. The standard InChI is InChI=1S/C41H30N2O4/c44-38(30-7-3-1-4-8-30)32-15-19-34(20-16-32)40(46)42-36-23-11-28(12-24-36)27-29-13-25-37(26-14-29)43-41(47)35-21-17-33(18-22-35)39(45)31-9-5-2-6-10-31/h1-26H,27H2,(H,42,46)(H,43,47). The van der Waals surface area contributed by atoms with E-state index in [1.54, 1.807) is 72.8 Å². The number of rotatable bonds is 10. The number of carbonyl (C=O) groups is 4. The lowest BCUT2D eigenvalue weighted by Crippen LogP contribution is -2.12. The van der Waals surface area contributed by atoms with Gasteiger partial charge in [0, 0.05) is 44.8 Å². The van der Waals surface area contributed by atoms with Crippen molar-refractivity contribution >= 4 is 34.8 Å². The van der Waals surface area contributed by atoms with Gasteiger partial charge in [-0.15, -0.1) is 0 Å². The Hall–Kier alpha value is -6.40. The highest BCUT2D eigenvalue weighted by molar-refractivity contribution is 6.11. The number of nitrogens with one attached hydrogen (secondary N) is 2. The number of anilines is 2. The number of carbonyl (C=O) groups excluding carboxylic acids is 4. The lowest BCUT2D eigenvalue weighted by atomic mass is 10.0. The van der Waals surface area contributed by atoms with E-state index in [-0.39, 0.29) is 23.4 Å². The fraction of sp³-hybridized carbons (Fsp3) is 0.0244. The van der Waals surface area contributed by atoms with E-state index in [0.717, 1.165) is 11.1 Å². The fourth-order valence-corrected chi connectivity index (χ4v) is 5.11. The van der Waals surface area contributed by atoms with Crippen LogP contribution in [0.15, 0.2) is 158 Å². The fourth-order valence-electron chi connectivity index (χ4n) is 5.11. The number of benzene rings is 6. The number of hydrogen-bond acceptors (Lipinski definition) is 4. The molecule has 6 rings (SSSR count). The minimum atomic E-state index is -0.259. The molecule has 0 aliphatic rings. The van der Waals surface area contributed by atoms with Crippen LogP contribution in [-0.4, -0.2) is 23.4 Å². The van der Waals surface area contributed by atoms with Gasteiger partial charge in [-0.1, -0.05) is 109 Å². The molecular weight excluding hydrogens is 584 g/mol. The summed E-state index contributed by atoms with van der Waals surface area (Å²) < 4.78 is 0. The van der Waals surface area contributed by atoms with Crippen molar-refractivity contribution in [2.45, 2.75) is 6.42 Å². The van der Waals surface area contributed by atoms with Crippen LogP contribution in [0, 0.1) is 0 Å². The van der Waals surface area contributed by atoms with Crippen molar-refractivity contribution in [2.75, 3.05) is 10.6 Å². The largest absolute Gasteiger partial charge is 0.322 e. The van der Waals surface area contributed by atoms with Crippen molar-refractivity contribution in [3.63, 3.8) is 0 Å². The molecule has 0 bridgehead atoms. The second kappa shape index (κ2) is 14.1. The highest BCUT2D eigenvalue weighted by atomic mass is 16.2. The van der Waals surface area contributed by atoms with E-state index < -0.39 is 0 Å². The van der Waals surface area contributed by atoms with E-state index in [9.17, 15) is 19.2 Å². The minimum absolute atomic E-state index is 0.0900. The van der Waals surface area contributed by atoms with Crippen LogP contribution in [0.5, 0.6) is 0 Å². The Morgan fingerprint density at radius 3 is 0.979 bits per heavy atom. The van der Waals surface area contributed by atoms with Crippen LogP contribution in [-0.2, 0) is 6.42 Å². The summed E-state index contributed by atoms with van der Waals surface area (Å²) in [4.78, 5) is 50.9. The van der Waals surface area contributed by atoms with Crippen molar-refractivity contribution in [1.82, 2.24) is 0 Å². The van der Waals surface area contributed by atoms with Crippen molar-refractivity contribution in [3.8, 4) is 0 Å². The Morgan fingerprint density at radius 1 is 0.340 bits per heavy atom. The highest BCUT2D eigenvalue weighted by Gasteiger charge is 2.13. The summed E-state index contributed by atoms with van der Waals surface area (Å²) in [7, 11) is 0. The first kappa shape index (κ1) is 30.6. The molecule has 0 saturated heterocycles. The van der Waals surface area contributed by atoms with Crippen LogP contribution >= 0.6 is 0 Å². The molecule has 6 aromatic rings. The average molecular weight is 615 g/mol. The van der Waals surface area contributed by atoms with Gasteiger partial charge in [0.25, 0.3) is 11.8 Å². The Kier molecular flexibility index (Phi) is 9.21. The first-order valence-corrected chi connectivity index (χ1v) is 15.1. The molecule has 0 radical (unpaired) electrons. The van der Waals surface area contributed by atoms with Gasteiger partial charge in [0.15, 0.2) is 11.6 Å². The van der Waals surface area contributed by atoms with Gasteiger partial charge in [-0.2, -0.15) is 0 Å². The molecule has 0 saturated carbocycles. The van der Waals surface area contributed by atoms with E-state index in [1.807, 2.05) is 84.9 Å². The predicted octanol–water partition coefficient (Wildman–Crippen LogP) is 8.24. The van der Waals surface area contributed by atoms with Crippen LogP contribution in [0.4, 0.5) is 11.4 Å². The normalized spacial score (nSPS) is 10.6. The lowest BCUT2D eigenvalue weighted by Gasteiger charge is -2.09. The summed E-state index contributed by atoms with van der Waals surface area (Å²) in [5.41, 5.74) is 6.63. The molecule has 0 aliphatic heterocycles. The van der Waals surface area contributed by atoms with Gasteiger partial charge in [-0.3, -0.25) is 19.2 Å². The number of hydrogen-bond donors (Lipinski definition) is 2. The third kappa shape index (κ3) is 7.64. The molecule has 0 aromatic heterocycles. The second-order valence-electron chi connectivity index (χ2n) is 11.0. The molecular formula is C41H30N2O4. The summed E-state index contributed by atoms with van der Waals surface area (Å²) in [6.45, 7) is 0. The van der Waals surface area contributed by atoms with Crippen molar-refractivity contribution in [1.29, 1.82) is 0 Å². The van der Waals surface area contributed by atoms with Crippen LogP contribution in [0.25, 0.3) is 0 Å². The molecule has 0 atom stereocenters. The molecule has 6 heteroatoms. The first-order valence-electron chi connectivity index (χ1n) is 15.1. The van der Waals surface area contributed by atoms with E-state index in [4.69, 9.17) is 0 Å². The summed E-state index contributed by atoms with van der Waals surface area (Å²) >= 11 is 0. The molecule has 0 spiro atoms. The van der Waals surface area contributed by atoms with E-state index in [1.165, 1.54) is 0 Å². The molecule has 228 valence electrons. The quantitative estimate of drug-likeness (QED) is 0.152. The highest BCUT2D eigenvalue weighted by Crippen LogP contribution is 2.19. The topological polar surface area (TPSA) is 92.3 Å². The zero-order valence-corrected chi connectivity index (χ0v) is 25.4. The van der Waals surface area contributed by atoms with Gasteiger partial charge < -0.3 is 10.6 Å². The molecule has 0 heterocycles. The Balaban J connectivity index is 1.000. The van der Waals surface area contributed by atoms with Crippen LogP contribution in [0.3, 0.4) is 0 Å².